The van der Waals surface area contributed by atoms with Crippen LogP contribution in [0.3, 0.4) is 0 Å². The highest BCUT2D eigenvalue weighted by Crippen LogP contribution is 2.37. The van der Waals surface area contributed by atoms with E-state index in [0.29, 0.717) is 6.42 Å². The van der Waals surface area contributed by atoms with Crippen molar-refractivity contribution in [2.75, 3.05) is 16.4 Å². The highest BCUT2D eigenvalue weighted by molar-refractivity contribution is 7.91. The van der Waals surface area contributed by atoms with Gasteiger partial charge >= 0.3 is 0 Å². The van der Waals surface area contributed by atoms with E-state index in [0.717, 1.165) is 16.8 Å². The molecule has 0 N–H and O–H groups in total. The third-order valence-electron chi connectivity index (χ3n) is 3.96. The zero-order chi connectivity index (χ0) is 13.8. The Balaban J connectivity index is 2.02. The maximum absolute atomic E-state index is 12.2. The molecule has 2 heterocycles. The molecule has 1 aromatic rings. The molecule has 2 fully saturated rings. The van der Waals surface area contributed by atoms with Gasteiger partial charge in [0, 0.05) is 18.0 Å². The smallest absolute Gasteiger partial charge is 0.227 e. The third-order valence-corrected chi connectivity index (χ3v) is 5.74. The van der Waals surface area contributed by atoms with Crippen LogP contribution in [0.25, 0.3) is 0 Å². The first-order valence-electron chi connectivity index (χ1n) is 6.46. The molecular formula is C14H17NO3S. The quantitative estimate of drug-likeness (QED) is 0.782. The summed E-state index contributed by atoms with van der Waals surface area (Å²) in [4.78, 5) is 13.9. The number of anilines is 1. The van der Waals surface area contributed by atoms with E-state index < -0.39 is 9.84 Å². The van der Waals surface area contributed by atoms with E-state index >= 15 is 0 Å². The lowest BCUT2D eigenvalue weighted by Gasteiger charge is -2.24. The summed E-state index contributed by atoms with van der Waals surface area (Å²) < 4.78 is 23.4. The molecule has 102 valence electrons. The highest BCUT2D eigenvalue weighted by Gasteiger charge is 2.49. The van der Waals surface area contributed by atoms with Gasteiger partial charge in [-0.15, -0.1) is 0 Å². The second-order valence-electron chi connectivity index (χ2n) is 5.72. The molecule has 1 aromatic carbocycles. The molecule has 0 radical (unpaired) electrons. The number of hydrogen-bond donors (Lipinski definition) is 0. The molecular weight excluding hydrogens is 262 g/mol. The largest absolute Gasteiger partial charge is 0.308 e. The Labute approximate surface area is 113 Å². The summed E-state index contributed by atoms with van der Waals surface area (Å²) in [6, 6.07) is 5.79. The van der Waals surface area contributed by atoms with E-state index in [-0.39, 0.29) is 29.4 Å². The summed E-state index contributed by atoms with van der Waals surface area (Å²) >= 11 is 0. The minimum absolute atomic E-state index is 0.0293. The number of sulfone groups is 1. The van der Waals surface area contributed by atoms with Crippen LogP contribution in [0.2, 0.25) is 0 Å². The third kappa shape index (κ3) is 2.16. The monoisotopic (exact) mass is 279 g/mol. The predicted octanol–water partition coefficient (Wildman–Crippen LogP) is 1.45. The lowest BCUT2D eigenvalue weighted by atomic mass is 10.0. The van der Waals surface area contributed by atoms with Gasteiger partial charge in [-0.3, -0.25) is 4.79 Å². The normalized spacial score (nSPS) is 28.7. The Hall–Kier alpha value is -1.36. The standard InChI is InChI=1S/C14H17NO3S/c1-9-3-10(2)5-12(4-9)15-13-8-19(17,18)7-11(13)6-14(15)16/h3-5,11,13H,6-8H2,1-2H3/t11-,13+/m1/s1. The molecule has 0 aliphatic carbocycles. The summed E-state index contributed by atoms with van der Waals surface area (Å²) in [5.74, 6) is 0.286. The molecule has 0 saturated carbocycles. The summed E-state index contributed by atoms with van der Waals surface area (Å²) in [5.41, 5.74) is 3.02. The fourth-order valence-electron chi connectivity index (χ4n) is 3.31. The molecule has 19 heavy (non-hydrogen) atoms. The molecule has 0 bridgehead atoms. The Morgan fingerprint density at radius 2 is 1.74 bits per heavy atom. The number of aryl methyl sites for hydroxylation is 2. The lowest BCUT2D eigenvalue weighted by molar-refractivity contribution is -0.117. The lowest BCUT2D eigenvalue weighted by Crippen LogP contribution is -2.36. The first-order chi connectivity index (χ1) is 8.85. The van der Waals surface area contributed by atoms with Gasteiger partial charge < -0.3 is 4.90 Å². The van der Waals surface area contributed by atoms with Gasteiger partial charge in [0.1, 0.15) is 0 Å². The van der Waals surface area contributed by atoms with Crippen LogP contribution < -0.4 is 4.90 Å². The zero-order valence-corrected chi connectivity index (χ0v) is 11.9. The number of fused-ring (bicyclic) bond motifs is 1. The number of nitrogens with zero attached hydrogens (tertiary/aromatic N) is 1. The van der Waals surface area contributed by atoms with Gasteiger partial charge in [-0.1, -0.05) is 6.07 Å². The molecule has 2 saturated heterocycles. The van der Waals surface area contributed by atoms with Gasteiger partial charge in [-0.2, -0.15) is 0 Å². The van der Waals surface area contributed by atoms with Crippen LogP contribution in [0.5, 0.6) is 0 Å². The average Bonchev–Trinajstić information content (AvgIpc) is 2.66. The number of rotatable bonds is 1. The molecule has 0 spiro atoms. The molecule has 2 aliphatic rings. The van der Waals surface area contributed by atoms with E-state index in [9.17, 15) is 13.2 Å². The van der Waals surface area contributed by atoms with Crippen molar-refractivity contribution in [3.63, 3.8) is 0 Å². The average molecular weight is 279 g/mol. The fraction of sp³-hybridized carbons (Fsp3) is 0.500. The topological polar surface area (TPSA) is 54.5 Å². The van der Waals surface area contributed by atoms with Crippen molar-refractivity contribution >= 4 is 21.4 Å². The summed E-state index contributed by atoms with van der Waals surface area (Å²) in [6.07, 6.45) is 0.358. The van der Waals surface area contributed by atoms with Gasteiger partial charge in [-0.25, -0.2) is 8.42 Å². The van der Waals surface area contributed by atoms with E-state index in [1.165, 1.54) is 0 Å². The second-order valence-corrected chi connectivity index (χ2v) is 7.87. The fourth-order valence-corrected chi connectivity index (χ4v) is 5.38. The van der Waals surface area contributed by atoms with Crippen LogP contribution in [-0.2, 0) is 14.6 Å². The van der Waals surface area contributed by atoms with Gasteiger partial charge in [-0.05, 0) is 37.1 Å². The molecule has 5 heteroatoms. The van der Waals surface area contributed by atoms with Crippen molar-refractivity contribution in [1.29, 1.82) is 0 Å². The predicted molar refractivity (Wildman–Crippen MR) is 74.0 cm³/mol. The van der Waals surface area contributed by atoms with Crippen LogP contribution >= 0.6 is 0 Å². The van der Waals surface area contributed by atoms with Crippen molar-refractivity contribution in [3.05, 3.63) is 29.3 Å². The Morgan fingerprint density at radius 1 is 1.11 bits per heavy atom. The number of amides is 1. The molecule has 2 atom stereocenters. The number of hydrogen-bond acceptors (Lipinski definition) is 3. The number of benzene rings is 1. The van der Waals surface area contributed by atoms with Gasteiger partial charge in [0.25, 0.3) is 0 Å². The van der Waals surface area contributed by atoms with E-state index in [2.05, 4.69) is 0 Å². The molecule has 2 aliphatic heterocycles. The molecule has 0 unspecified atom stereocenters. The van der Waals surface area contributed by atoms with Gasteiger partial charge in [0.15, 0.2) is 9.84 Å². The Morgan fingerprint density at radius 3 is 2.37 bits per heavy atom. The molecule has 0 aromatic heterocycles. The SMILES string of the molecule is Cc1cc(C)cc(N2C(=O)C[C@@H]3CS(=O)(=O)C[C@@H]32)c1. The molecule has 3 rings (SSSR count). The van der Waals surface area contributed by atoms with Gasteiger partial charge in [0.05, 0.1) is 17.5 Å². The Kier molecular flexibility index (Phi) is 2.71. The van der Waals surface area contributed by atoms with Crippen molar-refractivity contribution in [3.8, 4) is 0 Å². The van der Waals surface area contributed by atoms with Crippen LogP contribution in [0.1, 0.15) is 17.5 Å². The van der Waals surface area contributed by atoms with E-state index in [4.69, 9.17) is 0 Å². The summed E-state index contributed by atoms with van der Waals surface area (Å²) in [7, 11) is -2.98. The van der Waals surface area contributed by atoms with Crippen LogP contribution in [-0.4, -0.2) is 31.9 Å². The van der Waals surface area contributed by atoms with Crippen molar-refractivity contribution in [2.45, 2.75) is 26.3 Å². The van der Waals surface area contributed by atoms with Crippen molar-refractivity contribution < 1.29 is 13.2 Å². The highest BCUT2D eigenvalue weighted by atomic mass is 32.2. The number of carbonyl (C=O) groups excluding carboxylic acids is 1. The number of carbonyl (C=O) groups is 1. The maximum Gasteiger partial charge on any atom is 0.227 e. The van der Waals surface area contributed by atoms with Crippen molar-refractivity contribution in [1.82, 2.24) is 0 Å². The first-order valence-corrected chi connectivity index (χ1v) is 8.29. The summed E-state index contributed by atoms with van der Waals surface area (Å²) in [5, 5.41) is 0. The van der Waals surface area contributed by atoms with Gasteiger partial charge in [0.2, 0.25) is 5.91 Å². The minimum atomic E-state index is -2.98. The summed E-state index contributed by atoms with van der Waals surface area (Å²) in [6.45, 7) is 3.97. The first kappa shape index (κ1) is 12.7. The van der Waals surface area contributed by atoms with E-state index in [1.807, 2.05) is 32.0 Å². The molecule has 4 nitrogen and oxygen atoms in total. The Bertz CT molecular complexity index is 630. The van der Waals surface area contributed by atoms with Crippen molar-refractivity contribution in [2.24, 2.45) is 5.92 Å². The van der Waals surface area contributed by atoms with Crippen LogP contribution in [0.15, 0.2) is 18.2 Å². The second kappa shape index (κ2) is 4.07. The van der Waals surface area contributed by atoms with Crippen LogP contribution in [0.4, 0.5) is 5.69 Å². The molecule has 1 amide bonds. The van der Waals surface area contributed by atoms with E-state index in [1.54, 1.807) is 4.90 Å². The maximum atomic E-state index is 12.2. The zero-order valence-electron chi connectivity index (χ0n) is 11.1. The van der Waals surface area contributed by atoms with Crippen LogP contribution in [0, 0.1) is 19.8 Å². The minimum Gasteiger partial charge on any atom is -0.308 e.